The van der Waals surface area contributed by atoms with Crippen molar-refractivity contribution in [3.8, 4) is 0 Å². The first-order chi connectivity index (χ1) is 5.42. The van der Waals surface area contributed by atoms with Gasteiger partial charge in [-0.25, -0.2) is 0 Å². The van der Waals surface area contributed by atoms with Gasteiger partial charge in [0, 0.05) is 5.25 Å². The summed E-state index contributed by atoms with van der Waals surface area (Å²) in [5, 5.41) is 1.03. The molecule has 2 saturated carbocycles. The fourth-order valence-corrected chi connectivity index (χ4v) is 4.05. The van der Waals surface area contributed by atoms with Crippen LogP contribution in [0.2, 0.25) is 0 Å². The Labute approximate surface area is 74.1 Å². The molecule has 3 atom stereocenters. The SMILES string of the molecule is CSC1CCC2CCCCC21. The normalized spacial score (nSPS) is 43.9. The fourth-order valence-electron chi connectivity index (χ4n) is 2.97. The standard InChI is InChI=1S/C10H18S/c1-11-10-7-6-8-4-2-3-5-9(8)10/h8-10H,2-7H2,1H3. The molecule has 0 aromatic carbocycles. The van der Waals surface area contributed by atoms with Crippen molar-refractivity contribution in [2.24, 2.45) is 11.8 Å². The Balaban J connectivity index is 1.98. The third-order valence-corrected chi connectivity index (χ3v) is 4.76. The minimum absolute atomic E-state index is 1.03. The van der Waals surface area contributed by atoms with Crippen molar-refractivity contribution in [3.63, 3.8) is 0 Å². The lowest BCUT2D eigenvalue weighted by Gasteiger charge is -2.28. The van der Waals surface area contributed by atoms with Gasteiger partial charge in [0.1, 0.15) is 0 Å². The molecule has 0 saturated heterocycles. The third kappa shape index (κ3) is 1.44. The molecular weight excluding hydrogens is 152 g/mol. The first-order valence-electron chi connectivity index (χ1n) is 4.94. The van der Waals surface area contributed by atoms with Gasteiger partial charge in [0.25, 0.3) is 0 Å². The highest BCUT2D eigenvalue weighted by Crippen LogP contribution is 2.46. The van der Waals surface area contributed by atoms with E-state index in [4.69, 9.17) is 0 Å². The Morgan fingerprint density at radius 2 is 1.82 bits per heavy atom. The van der Waals surface area contributed by atoms with Crippen LogP contribution in [0.25, 0.3) is 0 Å². The van der Waals surface area contributed by atoms with Gasteiger partial charge >= 0.3 is 0 Å². The van der Waals surface area contributed by atoms with Gasteiger partial charge in [-0.1, -0.05) is 19.3 Å². The Morgan fingerprint density at radius 3 is 2.64 bits per heavy atom. The minimum Gasteiger partial charge on any atom is -0.162 e. The summed E-state index contributed by atoms with van der Waals surface area (Å²) in [6.45, 7) is 0. The number of hydrogen-bond acceptors (Lipinski definition) is 1. The first kappa shape index (κ1) is 7.97. The van der Waals surface area contributed by atoms with E-state index in [2.05, 4.69) is 18.0 Å². The Morgan fingerprint density at radius 1 is 1.00 bits per heavy atom. The predicted molar refractivity (Wildman–Crippen MR) is 52.0 cm³/mol. The maximum absolute atomic E-state index is 2.29. The lowest BCUT2D eigenvalue weighted by Crippen LogP contribution is -2.20. The lowest BCUT2D eigenvalue weighted by molar-refractivity contribution is 0.281. The van der Waals surface area contributed by atoms with Gasteiger partial charge in [-0.3, -0.25) is 0 Å². The molecule has 3 unspecified atom stereocenters. The average molecular weight is 170 g/mol. The summed E-state index contributed by atoms with van der Waals surface area (Å²) in [4.78, 5) is 0. The van der Waals surface area contributed by atoms with E-state index in [1.807, 2.05) is 0 Å². The summed E-state index contributed by atoms with van der Waals surface area (Å²) in [6, 6.07) is 0. The van der Waals surface area contributed by atoms with E-state index in [0.29, 0.717) is 0 Å². The third-order valence-electron chi connectivity index (χ3n) is 3.57. The van der Waals surface area contributed by atoms with Crippen LogP contribution in [0, 0.1) is 11.8 Å². The van der Waals surface area contributed by atoms with E-state index in [1.165, 1.54) is 32.1 Å². The molecule has 0 aliphatic heterocycles. The van der Waals surface area contributed by atoms with Crippen molar-refractivity contribution < 1.29 is 0 Å². The molecule has 2 aliphatic rings. The summed E-state index contributed by atoms with van der Waals surface area (Å²) < 4.78 is 0. The monoisotopic (exact) mass is 170 g/mol. The summed E-state index contributed by atoms with van der Waals surface area (Å²) in [5.41, 5.74) is 0. The van der Waals surface area contributed by atoms with Crippen LogP contribution in [-0.2, 0) is 0 Å². The molecule has 0 N–H and O–H groups in total. The maximum Gasteiger partial charge on any atom is 0.00752 e. The van der Waals surface area contributed by atoms with Crippen molar-refractivity contribution in [1.29, 1.82) is 0 Å². The second-order valence-electron chi connectivity index (χ2n) is 4.06. The van der Waals surface area contributed by atoms with Gasteiger partial charge in [0.15, 0.2) is 0 Å². The Kier molecular flexibility index (Phi) is 2.45. The summed E-state index contributed by atoms with van der Waals surface area (Å²) in [5.74, 6) is 2.24. The molecule has 0 heterocycles. The van der Waals surface area contributed by atoms with E-state index in [0.717, 1.165) is 17.1 Å². The van der Waals surface area contributed by atoms with Gasteiger partial charge in [-0.15, -0.1) is 0 Å². The largest absolute Gasteiger partial charge is 0.162 e. The van der Waals surface area contributed by atoms with E-state index in [9.17, 15) is 0 Å². The van der Waals surface area contributed by atoms with Crippen molar-refractivity contribution in [1.82, 2.24) is 0 Å². The molecule has 0 bridgehead atoms. The number of rotatable bonds is 1. The second kappa shape index (κ2) is 3.38. The molecule has 2 rings (SSSR count). The van der Waals surface area contributed by atoms with Crippen molar-refractivity contribution in [3.05, 3.63) is 0 Å². The van der Waals surface area contributed by atoms with Crippen molar-refractivity contribution in [2.75, 3.05) is 6.26 Å². The lowest BCUT2D eigenvalue weighted by atomic mass is 9.82. The van der Waals surface area contributed by atoms with Crippen molar-refractivity contribution in [2.45, 2.75) is 43.8 Å². The molecule has 0 amide bonds. The van der Waals surface area contributed by atoms with E-state index < -0.39 is 0 Å². The Hall–Kier alpha value is 0.350. The van der Waals surface area contributed by atoms with Crippen LogP contribution < -0.4 is 0 Å². The first-order valence-corrected chi connectivity index (χ1v) is 6.23. The zero-order chi connectivity index (χ0) is 7.68. The topological polar surface area (TPSA) is 0 Å². The zero-order valence-electron chi connectivity index (χ0n) is 7.38. The van der Waals surface area contributed by atoms with E-state index >= 15 is 0 Å². The summed E-state index contributed by atoms with van der Waals surface area (Å²) in [7, 11) is 0. The molecule has 0 aromatic heterocycles. The molecule has 64 valence electrons. The maximum atomic E-state index is 2.29. The predicted octanol–water partition coefficient (Wildman–Crippen LogP) is 3.32. The zero-order valence-corrected chi connectivity index (χ0v) is 8.20. The van der Waals surface area contributed by atoms with Gasteiger partial charge in [0.2, 0.25) is 0 Å². The van der Waals surface area contributed by atoms with Gasteiger partial charge in [-0.2, -0.15) is 11.8 Å². The summed E-state index contributed by atoms with van der Waals surface area (Å²) >= 11 is 2.12. The average Bonchev–Trinajstić information content (AvgIpc) is 2.47. The van der Waals surface area contributed by atoms with Crippen LogP contribution in [-0.4, -0.2) is 11.5 Å². The quantitative estimate of drug-likeness (QED) is 0.582. The van der Waals surface area contributed by atoms with Crippen LogP contribution in [0.1, 0.15) is 38.5 Å². The van der Waals surface area contributed by atoms with Crippen LogP contribution in [0.5, 0.6) is 0 Å². The van der Waals surface area contributed by atoms with Crippen LogP contribution >= 0.6 is 11.8 Å². The number of hydrogen-bond donors (Lipinski definition) is 0. The number of fused-ring (bicyclic) bond motifs is 1. The van der Waals surface area contributed by atoms with E-state index in [-0.39, 0.29) is 0 Å². The molecule has 0 radical (unpaired) electrons. The Bertz CT molecular complexity index is 127. The van der Waals surface area contributed by atoms with Crippen LogP contribution in [0.15, 0.2) is 0 Å². The number of thioether (sulfide) groups is 1. The highest BCUT2D eigenvalue weighted by molar-refractivity contribution is 7.99. The van der Waals surface area contributed by atoms with E-state index in [1.54, 1.807) is 6.42 Å². The molecule has 0 nitrogen and oxygen atoms in total. The summed E-state index contributed by atoms with van der Waals surface area (Å²) in [6.07, 6.45) is 11.5. The molecule has 1 heteroatoms. The smallest absolute Gasteiger partial charge is 0.00752 e. The van der Waals surface area contributed by atoms with Crippen molar-refractivity contribution >= 4 is 11.8 Å². The van der Waals surface area contributed by atoms with Crippen LogP contribution in [0.4, 0.5) is 0 Å². The van der Waals surface area contributed by atoms with Crippen LogP contribution in [0.3, 0.4) is 0 Å². The fraction of sp³-hybridized carbons (Fsp3) is 1.00. The van der Waals surface area contributed by atoms with Gasteiger partial charge in [0.05, 0.1) is 0 Å². The highest BCUT2D eigenvalue weighted by Gasteiger charge is 2.36. The van der Waals surface area contributed by atoms with Gasteiger partial charge < -0.3 is 0 Å². The molecular formula is C10H18S. The molecule has 0 spiro atoms. The highest BCUT2D eigenvalue weighted by atomic mass is 32.2. The molecule has 11 heavy (non-hydrogen) atoms. The molecule has 2 aliphatic carbocycles. The molecule has 2 fully saturated rings. The minimum atomic E-state index is 1.03. The second-order valence-corrected chi connectivity index (χ2v) is 5.14. The van der Waals surface area contributed by atoms with Gasteiger partial charge in [-0.05, 0) is 37.4 Å². The molecule has 0 aromatic rings.